The largest absolute Gasteiger partial charge is 0.494 e. The number of carbonyl (C=O) groups is 1. The molecule has 0 radical (unpaired) electrons. The first-order valence-electron chi connectivity index (χ1n) is 11.7. The van der Waals surface area contributed by atoms with Crippen LogP contribution in [0.1, 0.15) is 33.6 Å². The highest BCUT2D eigenvalue weighted by molar-refractivity contribution is 7.55. The summed E-state index contributed by atoms with van der Waals surface area (Å²) in [4.78, 5) is 23.7. The van der Waals surface area contributed by atoms with Gasteiger partial charge in [-0.05, 0) is 51.7 Å². The maximum absolute atomic E-state index is 13.3. The van der Waals surface area contributed by atoms with Crippen LogP contribution in [-0.4, -0.2) is 68.4 Å². The minimum atomic E-state index is -3.84. The van der Waals surface area contributed by atoms with Crippen LogP contribution in [0.4, 0.5) is 5.82 Å². The van der Waals surface area contributed by atoms with Gasteiger partial charge in [-0.15, -0.1) is 0 Å². The van der Waals surface area contributed by atoms with Gasteiger partial charge < -0.3 is 28.2 Å². The van der Waals surface area contributed by atoms with E-state index in [0.29, 0.717) is 12.3 Å². The third-order valence-electron chi connectivity index (χ3n) is 5.53. The van der Waals surface area contributed by atoms with Crippen LogP contribution < -0.4 is 9.64 Å². The number of nitrogens with zero attached hydrogens (tertiary/aromatic N) is 3. The van der Waals surface area contributed by atoms with Crippen molar-refractivity contribution in [2.24, 2.45) is 5.92 Å². The summed E-state index contributed by atoms with van der Waals surface area (Å²) in [5.74, 6) is -0.568. The average Bonchev–Trinajstić information content (AvgIpc) is 2.84. The van der Waals surface area contributed by atoms with Gasteiger partial charge in [0.05, 0.1) is 33.5 Å². The SMILES string of the molecule is CCOC(=O)C(OCC1CCCN(c2ncnc3c(OC)cccc23)C1)P(=O)(OCC)OCC. The summed E-state index contributed by atoms with van der Waals surface area (Å²) in [6, 6.07) is 5.77. The van der Waals surface area contributed by atoms with Crippen molar-refractivity contribution in [1.82, 2.24) is 9.97 Å². The number of fused-ring (bicyclic) bond motifs is 1. The molecule has 0 bridgehead atoms. The molecule has 11 heteroatoms. The van der Waals surface area contributed by atoms with Crippen LogP contribution in [-0.2, 0) is 27.9 Å². The van der Waals surface area contributed by atoms with Crippen molar-refractivity contribution in [3.8, 4) is 5.75 Å². The number of para-hydroxylation sites is 1. The summed E-state index contributed by atoms with van der Waals surface area (Å²) in [5, 5.41) is 0.907. The summed E-state index contributed by atoms with van der Waals surface area (Å²) in [7, 11) is -2.22. The first-order chi connectivity index (χ1) is 16.5. The fourth-order valence-corrected chi connectivity index (χ4v) is 5.79. The highest BCUT2D eigenvalue weighted by Gasteiger charge is 2.44. The van der Waals surface area contributed by atoms with Gasteiger partial charge in [0.25, 0.3) is 5.85 Å². The molecule has 188 valence electrons. The quantitative estimate of drug-likeness (QED) is 0.316. The molecule has 1 aliphatic rings. The van der Waals surface area contributed by atoms with Crippen LogP contribution in [0.25, 0.3) is 10.9 Å². The first kappa shape index (κ1) is 26.3. The lowest BCUT2D eigenvalue weighted by atomic mass is 9.98. The van der Waals surface area contributed by atoms with Crippen LogP contribution >= 0.6 is 7.60 Å². The number of methoxy groups -OCH3 is 1. The predicted octanol–water partition coefficient (Wildman–Crippen LogP) is 4.03. The molecule has 10 nitrogen and oxygen atoms in total. The van der Waals surface area contributed by atoms with Gasteiger partial charge in [0.1, 0.15) is 23.4 Å². The summed E-state index contributed by atoms with van der Waals surface area (Å²) < 4.78 is 40.5. The lowest BCUT2D eigenvalue weighted by molar-refractivity contribution is -0.153. The van der Waals surface area contributed by atoms with Crippen LogP contribution in [0.15, 0.2) is 24.5 Å². The number of piperidine rings is 1. The zero-order valence-corrected chi connectivity index (χ0v) is 21.2. The normalized spacial score (nSPS) is 17.5. The molecule has 2 unspecified atom stereocenters. The maximum Gasteiger partial charge on any atom is 0.370 e. The molecule has 2 atom stereocenters. The number of hydrogen-bond acceptors (Lipinski definition) is 10. The van der Waals surface area contributed by atoms with Gasteiger partial charge >= 0.3 is 13.6 Å². The summed E-state index contributed by atoms with van der Waals surface area (Å²) in [5.41, 5.74) is 0.755. The lowest BCUT2D eigenvalue weighted by Gasteiger charge is -2.35. The highest BCUT2D eigenvalue weighted by Crippen LogP contribution is 2.54. The van der Waals surface area contributed by atoms with Gasteiger partial charge in [0, 0.05) is 18.5 Å². The molecule has 1 aromatic heterocycles. The molecule has 0 amide bonds. The van der Waals surface area contributed by atoms with Crippen molar-refractivity contribution >= 4 is 30.3 Å². The Morgan fingerprint density at radius 2 is 1.94 bits per heavy atom. The van der Waals surface area contributed by atoms with Crippen LogP contribution in [0.5, 0.6) is 5.75 Å². The molecule has 34 heavy (non-hydrogen) atoms. The molecule has 1 aliphatic heterocycles. The van der Waals surface area contributed by atoms with Crippen LogP contribution in [0, 0.1) is 5.92 Å². The molecule has 1 saturated heterocycles. The van der Waals surface area contributed by atoms with E-state index in [1.54, 1.807) is 27.9 Å². The average molecular weight is 496 g/mol. The second-order valence-electron chi connectivity index (χ2n) is 7.82. The van der Waals surface area contributed by atoms with Crippen LogP contribution in [0.2, 0.25) is 0 Å². The van der Waals surface area contributed by atoms with Gasteiger partial charge in [-0.3, -0.25) is 4.57 Å². The fraction of sp³-hybridized carbons (Fsp3) is 0.609. The van der Waals surface area contributed by atoms with Crippen LogP contribution in [0.3, 0.4) is 0 Å². The van der Waals surface area contributed by atoms with Crippen molar-refractivity contribution < 1.29 is 32.6 Å². The number of benzene rings is 1. The van der Waals surface area contributed by atoms with Gasteiger partial charge in [-0.25, -0.2) is 14.8 Å². The second-order valence-corrected chi connectivity index (χ2v) is 9.89. The summed E-state index contributed by atoms with van der Waals surface area (Å²) >= 11 is 0. The van der Waals surface area contributed by atoms with Crippen molar-refractivity contribution in [2.45, 2.75) is 39.5 Å². The van der Waals surface area contributed by atoms with Crippen molar-refractivity contribution in [1.29, 1.82) is 0 Å². The Balaban J connectivity index is 1.76. The van der Waals surface area contributed by atoms with E-state index in [-0.39, 0.29) is 32.3 Å². The maximum atomic E-state index is 13.3. The molecule has 2 aromatic rings. The topological polar surface area (TPSA) is 109 Å². The van der Waals surface area contributed by atoms with Crippen molar-refractivity contribution in [3.05, 3.63) is 24.5 Å². The zero-order chi connectivity index (χ0) is 24.6. The molecule has 3 rings (SSSR count). The Morgan fingerprint density at radius 3 is 2.62 bits per heavy atom. The van der Waals surface area contributed by atoms with E-state index in [1.807, 2.05) is 18.2 Å². The molecular formula is C23H34N3O7P. The lowest BCUT2D eigenvalue weighted by Crippen LogP contribution is -2.39. The number of carbonyl (C=O) groups excluding carboxylic acids is 1. The molecule has 0 aliphatic carbocycles. The monoisotopic (exact) mass is 495 g/mol. The number of esters is 1. The number of hydrogen-bond donors (Lipinski definition) is 0. The first-order valence-corrected chi connectivity index (χ1v) is 13.3. The molecule has 1 fully saturated rings. The minimum Gasteiger partial charge on any atom is -0.494 e. The zero-order valence-electron chi connectivity index (χ0n) is 20.3. The highest BCUT2D eigenvalue weighted by atomic mass is 31.2. The van der Waals surface area contributed by atoms with Gasteiger partial charge in [0.15, 0.2) is 0 Å². The third-order valence-corrected chi connectivity index (χ3v) is 7.70. The number of ether oxygens (including phenoxy) is 3. The molecular weight excluding hydrogens is 461 g/mol. The van der Waals surface area contributed by atoms with E-state index in [4.69, 9.17) is 23.3 Å². The fourth-order valence-electron chi connectivity index (χ4n) is 4.12. The molecule has 0 spiro atoms. The second kappa shape index (κ2) is 12.4. The molecule has 0 saturated carbocycles. The Labute approximate surface area is 200 Å². The molecule has 2 heterocycles. The van der Waals surface area contributed by atoms with E-state index in [1.165, 1.54) is 6.33 Å². The van der Waals surface area contributed by atoms with E-state index in [2.05, 4.69) is 14.9 Å². The molecule has 0 N–H and O–H groups in total. The number of rotatable bonds is 12. The summed E-state index contributed by atoms with van der Waals surface area (Å²) in [6.45, 7) is 7.14. The Hall–Kier alpha value is -2.26. The number of aromatic nitrogens is 2. The van der Waals surface area contributed by atoms with Gasteiger partial charge in [-0.1, -0.05) is 6.07 Å². The van der Waals surface area contributed by atoms with Crippen molar-refractivity contribution in [2.75, 3.05) is 51.5 Å². The van der Waals surface area contributed by atoms with E-state index >= 15 is 0 Å². The number of anilines is 1. The Morgan fingerprint density at radius 1 is 1.18 bits per heavy atom. The Bertz CT molecular complexity index is 996. The van der Waals surface area contributed by atoms with Crippen molar-refractivity contribution in [3.63, 3.8) is 0 Å². The van der Waals surface area contributed by atoms with Gasteiger partial charge in [0.2, 0.25) is 0 Å². The van der Waals surface area contributed by atoms with E-state index < -0.39 is 19.4 Å². The predicted molar refractivity (Wildman–Crippen MR) is 128 cm³/mol. The van der Waals surface area contributed by atoms with E-state index in [0.717, 1.165) is 36.1 Å². The van der Waals surface area contributed by atoms with E-state index in [9.17, 15) is 9.36 Å². The Kier molecular flexibility index (Phi) is 9.64. The molecule has 1 aromatic carbocycles. The third kappa shape index (κ3) is 6.05. The summed E-state index contributed by atoms with van der Waals surface area (Å²) in [6.07, 6.45) is 3.35. The smallest absolute Gasteiger partial charge is 0.370 e. The standard InChI is InChI=1S/C23H34N3O7P/c1-5-30-22(27)23(34(28,32-6-2)33-7-3)31-15-17-10-9-13-26(14-17)21-18-11-8-12-19(29-4)20(18)24-16-25-21/h8,11-12,16-17,23H,5-7,9-10,13-15H2,1-4H3. The van der Waals surface area contributed by atoms with Gasteiger partial charge in [-0.2, -0.15) is 0 Å². The minimum absolute atomic E-state index is 0.0815.